The molecule has 0 saturated carbocycles. The first-order valence-corrected chi connectivity index (χ1v) is 7.66. The number of unbranched alkanes of at least 4 members (excludes halogenated alkanes) is 1. The fraction of sp³-hybridized carbons (Fsp3) is 0.438. The molecule has 2 N–H and O–H groups in total. The number of rotatable bonds is 9. The summed E-state index contributed by atoms with van der Waals surface area (Å²) in [4.78, 5) is 34.1. The lowest BCUT2D eigenvalue weighted by molar-refractivity contribution is -0.121. The molecular formula is C16H21ClN2O3. The lowest BCUT2D eigenvalue weighted by Crippen LogP contribution is -2.26. The lowest BCUT2D eigenvalue weighted by Gasteiger charge is -2.05. The van der Waals surface area contributed by atoms with Crippen molar-refractivity contribution in [3.8, 4) is 0 Å². The first kappa shape index (κ1) is 18.2. The standard InChI is InChI=1S/C16H21ClN2O3/c1-12(20)18-10-2-3-11-19-16(22)9-8-15(21)13-4-6-14(17)7-5-13/h4-7H,2-3,8-11H2,1H3,(H,18,20)(H,19,22). The third-order valence-electron chi connectivity index (χ3n) is 3.04. The molecule has 6 heteroatoms. The largest absolute Gasteiger partial charge is 0.356 e. The molecule has 0 spiro atoms. The monoisotopic (exact) mass is 324 g/mol. The molecular weight excluding hydrogens is 304 g/mol. The molecule has 0 fully saturated rings. The zero-order valence-electron chi connectivity index (χ0n) is 12.7. The number of halogens is 1. The second-order valence-corrected chi connectivity index (χ2v) is 5.41. The second kappa shape index (κ2) is 9.95. The summed E-state index contributed by atoms with van der Waals surface area (Å²) in [5.74, 6) is -0.260. The van der Waals surface area contributed by atoms with Crippen LogP contribution in [0.2, 0.25) is 5.02 Å². The van der Waals surface area contributed by atoms with Gasteiger partial charge in [0.05, 0.1) is 0 Å². The van der Waals surface area contributed by atoms with Crippen LogP contribution in [-0.2, 0) is 9.59 Å². The van der Waals surface area contributed by atoms with Crippen LogP contribution in [0.1, 0.15) is 43.0 Å². The molecule has 0 aliphatic carbocycles. The van der Waals surface area contributed by atoms with E-state index in [1.807, 2.05) is 0 Å². The minimum Gasteiger partial charge on any atom is -0.356 e. The van der Waals surface area contributed by atoms with Crippen molar-refractivity contribution in [3.05, 3.63) is 34.9 Å². The van der Waals surface area contributed by atoms with Crippen molar-refractivity contribution in [3.63, 3.8) is 0 Å². The van der Waals surface area contributed by atoms with Crippen molar-refractivity contribution < 1.29 is 14.4 Å². The number of amides is 2. The quantitative estimate of drug-likeness (QED) is 0.541. The number of hydrogen-bond donors (Lipinski definition) is 2. The zero-order chi connectivity index (χ0) is 16.4. The van der Waals surface area contributed by atoms with E-state index in [1.165, 1.54) is 6.92 Å². The maximum atomic E-state index is 11.9. The predicted octanol–water partition coefficient (Wildman–Crippen LogP) is 2.34. The van der Waals surface area contributed by atoms with Crippen LogP contribution in [-0.4, -0.2) is 30.7 Å². The minimum atomic E-state index is -0.137. The fourth-order valence-corrected chi connectivity index (χ4v) is 1.96. The average Bonchev–Trinajstić information content (AvgIpc) is 2.48. The third-order valence-corrected chi connectivity index (χ3v) is 3.30. The fourth-order valence-electron chi connectivity index (χ4n) is 1.84. The van der Waals surface area contributed by atoms with E-state index in [4.69, 9.17) is 11.6 Å². The van der Waals surface area contributed by atoms with E-state index in [0.29, 0.717) is 23.7 Å². The van der Waals surface area contributed by atoms with Crippen LogP contribution in [0, 0.1) is 0 Å². The first-order chi connectivity index (χ1) is 10.5. The summed E-state index contributed by atoms with van der Waals surface area (Å²) >= 11 is 5.76. The summed E-state index contributed by atoms with van der Waals surface area (Å²) < 4.78 is 0. The Hall–Kier alpha value is -1.88. The van der Waals surface area contributed by atoms with E-state index < -0.39 is 0 Å². The molecule has 0 unspecified atom stereocenters. The normalized spacial score (nSPS) is 10.1. The topological polar surface area (TPSA) is 75.3 Å². The number of carbonyl (C=O) groups excluding carboxylic acids is 3. The summed E-state index contributed by atoms with van der Waals surface area (Å²) in [6, 6.07) is 6.63. The molecule has 1 aromatic rings. The van der Waals surface area contributed by atoms with Crippen LogP contribution >= 0.6 is 11.6 Å². The SMILES string of the molecule is CC(=O)NCCCCNC(=O)CCC(=O)c1ccc(Cl)cc1. The lowest BCUT2D eigenvalue weighted by atomic mass is 10.1. The van der Waals surface area contributed by atoms with Crippen LogP contribution in [0.15, 0.2) is 24.3 Å². The Kier molecular flexibility index (Phi) is 8.22. The van der Waals surface area contributed by atoms with Crippen molar-refractivity contribution in [2.24, 2.45) is 0 Å². The van der Waals surface area contributed by atoms with Gasteiger partial charge in [-0.25, -0.2) is 0 Å². The second-order valence-electron chi connectivity index (χ2n) is 4.97. The van der Waals surface area contributed by atoms with Crippen LogP contribution in [0.3, 0.4) is 0 Å². The molecule has 1 aromatic carbocycles. The van der Waals surface area contributed by atoms with Gasteiger partial charge in [0.1, 0.15) is 0 Å². The molecule has 0 radical (unpaired) electrons. The molecule has 120 valence electrons. The number of carbonyl (C=O) groups is 3. The summed E-state index contributed by atoms with van der Waals surface area (Å²) in [6.45, 7) is 2.63. The minimum absolute atomic E-state index is 0.0512. The molecule has 22 heavy (non-hydrogen) atoms. The zero-order valence-corrected chi connectivity index (χ0v) is 13.4. The predicted molar refractivity (Wildman–Crippen MR) is 85.9 cm³/mol. The molecule has 0 aliphatic heterocycles. The van der Waals surface area contributed by atoms with Crippen molar-refractivity contribution >= 4 is 29.2 Å². The third kappa shape index (κ3) is 7.78. The molecule has 5 nitrogen and oxygen atoms in total. The van der Waals surface area contributed by atoms with Gasteiger partial charge in [-0.2, -0.15) is 0 Å². The van der Waals surface area contributed by atoms with Crippen molar-refractivity contribution in [2.45, 2.75) is 32.6 Å². The van der Waals surface area contributed by atoms with Gasteiger partial charge in [-0.1, -0.05) is 11.6 Å². The Morgan fingerprint density at radius 1 is 0.955 bits per heavy atom. The van der Waals surface area contributed by atoms with Gasteiger partial charge >= 0.3 is 0 Å². The van der Waals surface area contributed by atoms with E-state index in [-0.39, 0.29) is 30.4 Å². The van der Waals surface area contributed by atoms with Crippen molar-refractivity contribution in [1.29, 1.82) is 0 Å². The van der Waals surface area contributed by atoms with E-state index >= 15 is 0 Å². The molecule has 2 amide bonds. The van der Waals surface area contributed by atoms with Crippen LogP contribution in [0.4, 0.5) is 0 Å². The van der Waals surface area contributed by atoms with Gasteiger partial charge in [0.25, 0.3) is 0 Å². The van der Waals surface area contributed by atoms with Crippen LogP contribution in [0.5, 0.6) is 0 Å². The molecule has 0 bridgehead atoms. The van der Waals surface area contributed by atoms with Crippen LogP contribution in [0.25, 0.3) is 0 Å². The average molecular weight is 325 g/mol. The molecule has 0 aliphatic rings. The highest BCUT2D eigenvalue weighted by atomic mass is 35.5. The van der Waals surface area contributed by atoms with Gasteiger partial charge in [-0.15, -0.1) is 0 Å². The first-order valence-electron chi connectivity index (χ1n) is 7.29. The maximum Gasteiger partial charge on any atom is 0.220 e. The number of hydrogen-bond acceptors (Lipinski definition) is 3. The number of ketones is 1. The molecule has 0 aromatic heterocycles. The van der Waals surface area contributed by atoms with E-state index in [9.17, 15) is 14.4 Å². The van der Waals surface area contributed by atoms with E-state index in [2.05, 4.69) is 10.6 Å². The summed E-state index contributed by atoms with van der Waals surface area (Å²) in [7, 11) is 0. The number of nitrogens with one attached hydrogen (secondary N) is 2. The molecule has 0 atom stereocenters. The van der Waals surface area contributed by atoms with Gasteiger partial charge in [-0.3, -0.25) is 14.4 Å². The van der Waals surface area contributed by atoms with Gasteiger partial charge < -0.3 is 10.6 Å². The Balaban J connectivity index is 2.13. The Labute approximate surface area is 135 Å². The highest BCUT2D eigenvalue weighted by molar-refractivity contribution is 6.30. The Morgan fingerprint density at radius 2 is 1.55 bits per heavy atom. The van der Waals surface area contributed by atoms with E-state index in [1.54, 1.807) is 24.3 Å². The van der Waals surface area contributed by atoms with Crippen molar-refractivity contribution in [1.82, 2.24) is 10.6 Å². The van der Waals surface area contributed by atoms with Gasteiger partial charge in [0.15, 0.2) is 5.78 Å². The van der Waals surface area contributed by atoms with Gasteiger partial charge in [0.2, 0.25) is 11.8 Å². The molecule has 0 saturated heterocycles. The Bertz CT molecular complexity index is 515. The summed E-state index contributed by atoms with van der Waals surface area (Å²) in [5, 5.41) is 6.03. The van der Waals surface area contributed by atoms with Gasteiger partial charge in [-0.05, 0) is 37.1 Å². The summed E-state index contributed by atoms with van der Waals surface area (Å²) in [5.41, 5.74) is 0.563. The number of Topliss-reactive ketones (excluding diaryl/α,β-unsaturated/α-hetero) is 1. The molecule has 0 heterocycles. The van der Waals surface area contributed by atoms with Crippen molar-refractivity contribution in [2.75, 3.05) is 13.1 Å². The van der Waals surface area contributed by atoms with Crippen LogP contribution < -0.4 is 10.6 Å². The highest BCUT2D eigenvalue weighted by Crippen LogP contribution is 2.11. The Morgan fingerprint density at radius 3 is 2.14 bits per heavy atom. The highest BCUT2D eigenvalue weighted by Gasteiger charge is 2.08. The summed E-state index contributed by atoms with van der Waals surface area (Å²) in [6.07, 6.45) is 1.95. The van der Waals surface area contributed by atoms with Gasteiger partial charge in [0, 0.05) is 43.4 Å². The maximum absolute atomic E-state index is 11.9. The smallest absolute Gasteiger partial charge is 0.220 e. The number of benzene rings is 1. The molecule has 1 rings (SSSR count). The van der Waals surface area contributed by atoms with E-state index in [0.717, 1.165) is 12.8 Å².